The second-order valence-electron chi connectivity index (χ2n) is 7.10. The molecule has 1 amide bonds. The minimum atomic E-state index is -4.03. The zero-order chi connectivity index (χ0) is 21.3. The number of carbonyl (C=O) groups is 1. The Hall–Kier alpha value is -3.11. The van der Waals surface area contributed by atoms with Crippen LogP contribution in [-0.4, -0.2) is 46.4 Å². The van der Waals surface area contributed by atoms with E-state index in [1.54, 1.807) is 37.3 Å². The van der Waals surface area contributed by atoms with E-state index in [-0.39, 0.29) is 17.3 Å². The first-order chi connectivity index (χ1) is 14.3. The largest absolute Gasteiger partial charge is 0.348 e. The maximum absolute atomic E-state index is 13.7. The molecule has 3 aromatic rings. The molecule has 30 heavy (non-hydrogen) atoms. The molecule has 8 nitrogen and oxygen atoms in total. The van der Waals surface area contributed by atoms with Crippen LogP contribution in [0.1, 0.15) is 34.5 Å². The highest BCUT2D eigenvalue weighted by Crippen LogP contribution is 2.35. The number of nitrogens with one attached hydrogen (secondary N) is 2. The molecule has 1 saturated heterocycles. The third-order valence-electron chi connectivity index (χ3n) is 4.94. The van der Waals surface area contributed by atoms with Crippen molar-refractivity contribution < 1.29 is 17.6 Å². The Balaban J connectivity index is 1.64. The lowest BCUT2D eigenvalue weighted by molar-refractivity contribution is 0.0939. The molecule has 2 aromatic carbocycles. The standard InChI is InChI=1S/C20H20FN5O3S/c1-13-22-19(25-24-13)18-11-16(23-20(27)14-6-3-2-4-7-14)12-26(18)30(28,29)17-9-5-8-15(21)10-17/h2-10,16,18H,11-12H2,1H3,(H,23,27)(H,22,24,25)/t16-,18-/m0/s1. The van der Waals surface area contributed by atoms with Crippen LogP contribution in [0, 0.1) is 12.7 Å². The number of sulfonamides is 1. The van der Waals surface area contributed by atoms with Crippen LogP contribution in [0.15, 0.2) is 59.5 Å². The summed E-state index contributed by atoms with van der Waals surface area (Å²) in [6, 6.07) is 12.4. The van der Waals surface area contributed by atoms with Crippen LogP contribution in [0.2, 0.25) is 0 Å². The first kappa shape index (κ1) is 20.2. The minimum Gasteiger partial charge on any atom is -0.348 e. The van der Waals surface area contributed by atoms with Gasteiger partial charge in [0.2, 0.25) is 10.0 Å². The zero-order valence-electron chi connectivity index (χ0n) is 16.1. The van der Waals surface area contributed by atoms with Crippen molar-refractivity contribution in [3.63, 3.8) is 0 Å². The van der Waals surface area contributed by atoms with Gasteiger partial charge in [-0.2, -0.15) is 9.40 Å². The van der Waals surface area contributed by atoms with Gasteiger partial charge in [0.25, 0.3) is 5.91 Å². The molecule has 1 aromatic heterocycles. The number of H-pyrrole nitrogens is 1. The number of aromatic amines is 1. The number of carbonyl (C=O) groups excluding carboxylic acids is 1. The number of nitrogens with zero attached hydrogens (tertiary/aromatic N) is 3. The van der Waals surface area contributed by atoms with Crippen LogP contribution < -0.4 is 5.32 Å². The molecule has 1 fully saturated rings. The molecule has 0 aliphatic carbocycles. The first-order valence-corrected chi connectivity index (χ1v) is 10.8. The Morgan fingerprint density at radius 1 is 1.20 bits per heavy atom. The van der Waals surface area contributed by atoms with E-state index in [2.05, 4.69) is 20.5 Å². The Kier molecular flexibility index (Phi) is 5.35. The number of hydrogen-bond donors (Lipinski definition) is 2. The Morgan fingerprint density at radius 3 is 2.63 bits per heavy atom. The lowest BCUT2D eigenvalue weighted by atomic mass is 10.1. The molecule has 2 heterocycles. The van der Waals surface area contributed by atoms with Crippen LogP contribution >= 0.6 is 0 Å². The van der Waals surface area contributed by atoms with Gasteiger partial charge in [0, 0.05) is 18.2 Å². The number of halogens is 1. The maximum atomic E-state index is 13.7. The summed E-state index contributed by atoms with van der Waals surface area (Å²) in [5.41, 5.74) is 0.481. The summed E-state index contributed by atoms with van der Waals surface area (Å²) in [6.45, 7) is 1.74. The van der Waals surface area contributed by atoms with Crippen LogP contribution in [0.25, 0.3) is 0 Å². The summed E-state index contributed by atoms with van der Waals surface area (Å²) in [4.78, 5) is 16.7. The first-order valence-electron chi connectivity index (χ1n) is 9.37. The van der Waals surface area contributed by atoms with Crippen molar-refractivity contribution in [1.82, 2.24) is 24.8 Å². The predicted octanol–water partition coefficient (Wildman–Crippen LogP) is 2.19. The van der Waals surface area contributed by atoms with Crippen molar-refractivity contribution in [3.05, 3.63) is 77.6 Å². The number of rotatable bonds is 5. The predicted molar refractivity (Wildman–Crippen MR) is 106 cm³/mol. The van der Waals surface area contributed by atoms with Crippen LogP contribution in [0.3, 0.4) is 0 Å². The fourth-order valence-corrected chi connectivity index (χ4v) is 5.21. The Morgan fingerprint density at radius 2 is 1.97 bits per heavy atom. The second kappa shape index (κ2) is 7.96. The van der Waals surface area contributed by atoms with Crippen molar-refractivity contribution in [1.29, 1.82) is 0 Å². The van der Waals surface area contributed by atoms with Gasteiger partial charge in [-0.05, 0) is 43.7 Å². The second-order valence-corrected chi connectivity index (χ2v) is 8.99. The summed E-state index contributed by atoms with van der Waals surface area (Å²) in [7, 11) is -4.03. The molecule has 1 aliphatic heterocycles. The van der Waals surface area contributed by atoms with Crippen LogP contribution in [-0.2, 0) is 10.0 Å². The number of amides is 1. The van der Waals surface area contributed by atoms with Crippen LogP contribution in [0.4, 0.5) is 4.39 Å². The summed E-state index contributed by atoms with van der Waals surface area (Å²) in [5, 5.41) is 9.72. The van der Waals surface area contributed by atoms with Gasteiger partial charge in [-0.1, -0.05) is 24.3 Å². The summed E-state index contributed by atoms with van der Waals surface area (Å²) >= 11 is 0. The van der Waals surface area contributed by atoms with E-state index in [0.717, 1.165) is 6.07 Å². The zero-order valence-corrected chi connectivity index (χ0v) is 16.9. The third kappa shape index (κ3) is 3.96. The molecule has 2 N–H and O–H groups in total. The normalized spacial score (nSPS) is 19.7. The van der Waals surface area contributed by atoms with Gasteiger partial charge in [0.1, 0.15) is 11.6 Å². The lowest BCUT2D eigenvalue weighted by Gasteiger charge is -2.22. The third-order valence-corrected chi connectivity index (χ3v) is 6.81. The quantitative estimate of drug-likeness (QED) is 0.646. The van der Waals surface area contributed by atoms with E-state index >= 15 is 0 Å². The monoisotopic (exact) mass is 429 g/mol. The molecular weight excluding hydrogens is 409 g/mol. The Labute approximate surface area is 173 Å². The smallest absolute Gasteiger partial charge is 0.251 e. The van der Waals surface area contributed by atoms with E-state index in [4.69, 9.17) is 0 Å². The van der Waals surface area contributed by atoms with Gasteiger partial charge in [0.05, 0.1) is 10.9 Å². The van der Waals surface area contributed by atoms with E-state index in [1.165, 1.54) is 22.5 Å². The van der Waals surface area contributed by atoms with E-state index in [1.807, 2.05) is 0 Å². The number of aromatic nitrogens is 3. The molecule has 1 aliphatic rings. The molecule has 0 radical (unpaired) electrons. The summed E-state index contributed by atoms with van der Waals surface area (Å²) in [5.74, 6) is -0.0844. The van der Waals surface area contributed by atoms with Gasteiger partial charge < -0.3 is 5.32 Å². The molecular formula is C20H20FN5O3S. The molecule has 0 saturated carbocycles. The topological polar surface area (TPSA) is 108 Å². The fraction of sp³-hybridized carbons (Fsp3) is 0.250. The summed E-state index contributed by atoms with van der Waals surface area (Å²) in [6.07, 6.45) is 0.296. The molecule has 10 heteroatoms. The number of benzene rings is 2. The molecule has 2 atom stereocenters. The average molecular weight is 429 g/mol. The van der Waals surface area contributed by atoms with E-state index in [0.29, 0.717) is 23.6 Å². The van der Waals surface area contributed by atoms with Crippen molar-refractivity contribution in [2.45, 2.75) is 30.3 Å². The molecule has 0 bridgehead atoms. The van der Waals surface area contributed by atoms with Gasteiger partial charge in [0.15, 0.2) is 5.82 Å². The lowest BCUT2D eigenvalue weighted by Crippen LogP contribution is -2.38. The van der Waals surface area contributed by atoms with Crippen molar-refractivity contribution in [2.75, 3.05) is 6.54 Å². The fourth-order valence-electron chi connectivity index (χ4n) is 3.54. The highest BCUT2D eigenvalue weighted by Gasteiger charge is 2.43. The summed E-state index contributed by atoms with van der Waals surface area (Å²) < 4.78 is 41.4. The molecule has 156 valence electrons. The van der Waals surface area contributed by atoms with Crippen molar-refractivity contribution in [2.24, 2.45) is 0 Å². The van der Waals surface area contributed by atoms with Crippen molar-refractivity contribution >= 4 is 15.9 Å². The number of hydrogen-bond acceptors (Lipinski definition) is 5. The highest BCUT2D eigenvalue weighted by molar-refractivity contribution is 7.89. The maximum Gasteiger partial charge on any atom is 0.251 e. The van der Waals surface area contributed by atoms with E-state index in [9.17, 15) is 17.6 Å². The van der Waals surface area contributed by atoms with Gasteiger partial charge in [-0.15, -0.1) is 0 Å². The molecule has 0 unspecified atom stereocenters. The number of aryl methyl sites for hydroxylation is 1. The van der Waals surface area contributed by atoms with Crippen molar-refractivity contribution in [3.8, 4) is 0 Å². The van der Waals surface area contributed by atoms with Crippen LogP contribution in [0.5, 0.6) is 0 Å². The van der Waals surface area contributed by atoms with E-state index < -0.39 is 27.9 Å². The SMILES string of the molecule is Cc1nc([C@@H]2C[C@H](NC(=O)c3ccccc3)CN2S(=O)(=O)c2cccc(F)c2)n[nH]1. The van der Waals surface area contributed by atoms with Gasteiger partial charge in [-0.25, -0.2) is 17.8 Å². The minimum absolute atomic E-state index is 0.0235. The molecule has 0 spiro atoms. The van der Waals surface area contributed by atoms with Gasteiger partial charge in [-0.3, -0.25) is 9.89 Å². The highest BCUT2D eigenvalue weighted by atomic mass is 32.2. The Bertz CT molecular complexity index is 1170. The average Bonchev–Trinajstić information content (AvgIpc) is 3.35. The van der Waals surface area contributed by atoms with Gasteiger partial charge >= 0.3 is 0 Å². The molecule has 4 rings (SSSR count).